The molecule has 120 valence electrons. The number of nitrogens with one attached hydrogen (secondary N) is 1. The fourth-order valence-electron chi connectivity index (χ4n) is 2.06. The molecule has 3 nitrogen and oxygen atoms in total. The van der Waals surface area contributed by atoms with Crippen LogP contribution in [0.25, 0.3) is 0 Å². The summed E-state index contributed by atoms with van der Waals surface area (Å²) in [5.41, 5.74) is 0.911. The maximum atomic E-state index is 12.6. The van der Waals surface area contributed by atoms with Gasteiger partial charge >= 0.3 is 6.18 Å². The molecule has 0 spiro atoms. The van der Waals surface area contributed by atoms with Crippen LogP contribution in [0, 0.1) is 11.3 Å². The summed E-state index contributed by atoms with van der Waals surface area (Å²) >= 11 is 5.87. The summed E-state index contributed by atoms with van der Waals surface area (Å²) in [6.07, 6.45) is -4.52. The molecule has 0 aliphatic rings. The number of nitriles is 1. The summed E-state index contributed by atoms with van der Waals surface area (Å²) in [6.45, 7) is 2.23. The average molecular weight is 340 g/mol. The van der Waals surface area contributed by atoms with Gasteiger partial charge in [0.15, 0.2) is 0 Å². The highest BCUT2D eigenvalue weighted by molar-refractivity contribution is 6.30. The van der Waals surface area contributed by atoms with Crippen molar-refractivity contribution in [2.75, 3.05) is 0 Å². The van der Waals surface area contributed by atoms with E-state index in [0.29, 0.717) is 17.7 Å². The summed E-state index contributed by atoms with van der Waals surface area (Å²) in [5, 5.41) is 11.8. The number of rotatable bonds is 4. The van der Waals surface area contributed by atoms with Crippen LogP contribution in [0.15, 0.2) is 36.4 Å². The van der Waals surface area contributed by atoms with Gasteiger partial charge < -0.3 is 5.32 Å². The lowest BCUT2D eigenvalue weighted by Crippen LogP contribution is -2.19. The van der Waals surface area contributed by atoms with Crippen LogP contribution in [-0.4, -0.2) is 4.98 Å². The lowest BCUT2D eigenvalue weighted by atomic mass is 10.1. The maximum absolute atomic E-state index is 12.6. The van der Waals surface area contributed by atoms with Crippen molar-refractivity contribution in [1.29, 1.82) is 5.26 Å². The van der Waals surface area contributed by atoms with Gasteiger partial charge in [0.25, 0.3) is 0 Å². The molecule has 0 saturated carbocycles. The number of nitrogens with zero attached hydrogens (tertiary/aromatic N) is 2. The van der Waals surface area contributed by atoms with Gasteiger partial charge in [0, 0.05) is 18.2 Å². The lowest BCUT2D eigenvalue weighted by Gasteiger charge is -2.16. The monoisotopic (exact) mass is 339 g/mol. The van der Waals surface area contributed by atoms with Crippen molar-refractivity contribution < 1.29 is 13.2 Å². The minimum absolute atomic E-state index is 0.175. The Morgan fingerprint density at radius 3 is 2.65 bits per heavy atom. The molecule has 7 heteroatoms. The van der Waals surface area contributed by atoms with Gasteiger partial charge in [0.1, 0.15) is 10.8 Å². The molecule has 0 bridgehead atoms. The van der Waals surface area contributed by atoms with Crippen LogP contribution in [0.2, 0.25) is 5.15 Å². The lowest BCUT2D eigenvalue weighted by molar-refractivity contribution is -0.141. The predicted molar refractivity (Wildman–Crippen MR) is 80.7 cm³/mol. The molecule has 0 amide bonds. The highest BCUT2D eigenvalue weighted by Crippen LogP contribution is 2.31. The van der Waals surface area contributed by atoms with Gasteiger partial charge in [-0.15, -0.1) is 0 Å². The molecule has 1 aromatic heterocycles. The Hall–Kier alpha value is -2.10. The fourth-order valence-corrected chi connectivity index (χ4v) is 2.38. The van der Waals surface area contributed by atoms with Gasteiger partial charge in [-0.2, -0.15) is 18.4 Å². The molecule has 0 aliphatic carbocycles. The van der Waals surface area contributed by atoms with E-state index in [0.717, 1.165) is 11.6 Å². The van der Waals surface area contributed by atoms with Crippen LogP contribution in [-0.2, 0) is 12.7 Å². The smallest absolute Gasteiger partial charge is 0.306 e. The van der Waals surface area contributed by atoms with E-state index in [1.54, 1.807) is 25.1 Å². The van der Waals surface area contributed by atoms with E-state index in [-0.39, 0.29) is 11.2 Å². The fraction of sp³-hybridized carbons (Fsp3) is 0.250. The molecule has 0 saturated heterocycles. The molecule has 0 radical (unpaired) electrons. The van der Waals surface area contributed by atoms with Gasteiger partial charge in [-0.05, 0) is 30.7 Å². The van der Waals surface area contributed by atoms with E-state index < -0.39 is 11.9 Å². The first-order valence-corrected chi connectivity index (χ1v) is 7.15. The predicted octanol–water partition coefficient (Wildman–Crippen LogP) is 4.48. The molecular weight excluding hydrogens is 327 g/mol. The van der Waals surface area contributed by atoms with Crippen LogP contribution in [0.4, 0.5) is 13.2 Å². The Balaban J connectivity index is 2.09. The summed E-state index contributed by atoms with van der Waals surface area (Å²) < 4.78 is 37.7. The topological polar surface area (TPSA) is 48.7 Å². The number of aromatic nitrogens is 1. The van der Waals surface area contributed by atoms with E-state index in [4.69, 9.17) is 16.9 Å². The van der Waals surface area contributed by atoms with Crippen molar-refractivity contribution in [3.63, 3.8) is 0 Å². The molecular formula is C16H13ClF3N3. The average Bonchev–Trinajstić information content (AvgIpc) is 2.51. The van der Waals surface area contributed by atoms with E-state index in [9.17, 15) is 13.2 Å². The third-order valence-corrected chi connectivity index (χ3v) is 3.61. The highest BCUT2D eigenvalue weighted by Gasteiger charge is 2.33. The van der Waals surface area contributed by atoms with Crippen LogP contribution in [0.3, 0.4) is 0 Å². The first-order valence-electron chi connectivity index (χ1n) is 6.77. The van der Waals surface area contributed by atoms with Gasteiger partial charge in [0.2, 0.25) is 0 Å². The first kappa shape index (κ1) is 17.3. The first-order chi connectivity index (χ1) is 10.8. The van der Waals surface area contributed by atoms with Gasteiger partial charge in [0.05, 0.1) is 11.6 Å². The van der Waals surface area contributed by atoms with E-state index in [1.165, 1.54) is 6.07 Å². The van der Waals surface area contributed by atoms with E-state index in [2.05, 4.69) is 16.4 Å². The highest BCUT2D eigenvalue weighted by atomic mass is 35.5. The molecule has 2 aromatic rings. The standard InChI is InChI=1S/C16H13ClF3N3/c1-10(22-9-12-4-2-3-11(7-12)8-21)13-5-6-14(16(18,19)20)23-15(13)17/h2-7,10,22H,9H2,1H3/t10-/m0/s1. The van der Waals surface area contributed by atoms with Gasteiger partial charge in [-0.25, -0.2) is 4.98 Å². The number of hydrogen-bond acceptors (Lipinski definition) is 3. The zero-order valence-corrected chi connectivity index (χ0v) is 12.9. The van der Waals surface area contributed by atoms with E-state index in [1.807, 2.05) is 6.07 Å². The number of benzene rings is 1. The molecule has 0 unspecified atom stereocenters. The number of alkyl halides is 3. The summed E-state index contributed by atoms with van der Waals surface area (Å²) in [7, 11) is 0. The Labute approximate surface area is 136 Å². The maximum Gasteiger partial charge on any atom is 0.433 e. The summed E-state index contributed by atoms with van der Waals surface area (Å²) in [6, 6.07) is 11.1. The normalized spacial score (nSPS) is 12.7. The SMILES string of the molecule is C[C@H](NCc1cccc(C#N)c1)c1ccc(C(F)(F)F)nc1Cl. The number of pyridine rings is 1. The molecule has 1 heterocycles. The third-order valence-electron chi connectivity index (χ3n) is 3.30. The zero-order valence-electron chi connectivity index (χ0n) is 12.2. The summed E-state index contributed by atoms with van der Waals surface area (Å²) in [4.78, 5) is 3.41. The van der Waals surface area contributed by atoms with E-state index >= 15 is 0 Å². The Bertz CT molecular complexity index is 738. The van der Waals surface area contributed by atoms with Crippen LogP contribution < -0.4 is 5.32 Å². The molecule has 1 N–H and O–H groups in total. The molecule has 1 aromatic carbocycles. The minimum atomic E-state index is -4.52. The summed E-state index contributed by atoms with van der Waals surface area (Å²) in [5.74, 6) is 0. The number of hydrogen-bond donors (Lipinski definition) is 1. The van der Waals surface area contributed by atoms with Crippen LogP contribution >= 0.6 is 11.6 Å². The molecule has 0 fully saturated rings. The van der Waals surface area contributed by atoms with Crippen molar-refractivity contribution >= 4 is 11.6 Å². The largest absolute Gasteiger partial charge is 0.433 e. The van der Waals surface area contributed by atoms with Crippen molar-refractivity contribution in [1.82, 2.24) is 10.3 Å². The second kappa shape index (κ2) is 6.99. The van der Waals surface area contributed by atoms with Crippen molar-refractivity contribution in [3.8, 4) is 6.07 Å². The second-order valence-corrected chi connectivity index (χ2v) is 5.35. The zero-order chi connectivity index (χ0) is 17.0. The number of halogens is 4. The Morgan fingerprint density at radius 1 is 1.30 bits per heavy atom. The third kappa shape index (κ3) is 4.44. The van der Waals surface area contributed by atoms with Gasteiger partial charge in [-0.3, -0.25) is 0 Å². The minimum Gasteiger partial charge on any atom is -0.306 e. The van der Waals surface area contributed by atoms with Gasteiger partial charge in [-0.1, -0.05) is 29.8 Å². The van der Waals surface area contributed by atoms with Crippen molar-refractivity contribution in [2.24, 2.45) is 0 Å². The molecule has 23 heavy (non-hydrogen) atoms. The molecule has 1 atom stereocenters. The van der Waals surface area contributed by atoms with Crippen LogP contribution in [0.1, 0.15) is 35.3 Å². The van der Waals surface area contributed by atoms with Crippen molar-refractivity contribution in [2.45, 2.75) is 25.7 Å². The molecule has 0 aliphatic heterocycles. The quantitative estimate of drug-likeness (QED) is 0.836. The van der Waals surface area contributed by atoms with Crippen LogP contribution in [0.5, 0.6) is 0 Å². The second-order valence-electron chi connectivity index (χ2n) is 4.99. The Morgan fingerprint density at radius 2 is 2.04 bits per heavy atom. The Kier molecular flexibility index (Phi) is 5.24. The molecule has 2 rings (SSSR count). The van der Waals surface area contributed by atoms with Crippen molar-refractivity contribution in [3.05, 3.63) is 63.9 Å².